The van der Waals surface area contributed by atoms with E-state index in [1.807, 2.05) is 41.5 Å². The van der Waals surface area contributed by atoms with Gasteiger partial charge in [-0.15, -0.1) is 0 Å². The van der Waals surface area contributed by atoms with Gasteiger partial charge in [0.25, 0.3) is 0 Å². The average molecular weight is 447 g/mol. The van der Waals surface area contributed by atoms with Crippen molar-refractivity contribution in [2.45, 2.75) is 32.1 Å². The van der Waals surface area contributed by atoms with Crippen LogP contribution >= 0.6 is 0 Å². The number of hydrogen-bond acceptors (Lipinski definition) is 4. The van der Waals surface area contributed by atoms with Gasteiger partial charge in [-0.1, -0.05) is 42.5 Å². The highest BCUT2D eigenvalue weighted by atomic mass is 16.5. The van der Waals surface area contributed by atoms with E-state index < -0.39 is 5.41 Å². The molecule has 0 radical (unpaired) electrons. The highest BCUT2D eigenvalue weighted by molar-refractivity contribution is 5.95. The number of ether oxygens (including phenoxy) is 1. The third-order valence-electron chi connectivity index (χ3n) is 7.09. The molecule has 33 heavy (non-hydrogen) atoms. The number of hydrogen-bond donors (Lipinski definition) is 1. The van der Waals surface area contributed by atoms with Crippen molar-refractivity contribution in [3.63, 3.8) is 0 Å². The highest BCUT2D eigenvalue weighted by Gasteiger charge is 2.40. The molecule has 0 unspecified atom stereocenters. The molecule has 2 saturated heterocycles. The van der Waals surface area contributed by atoms with E-state index in [0.717, 1.165) is 40.6 Å². The van der Waals surface area contributed by atoms with E-state index in [2.05, 4.69) is 23.5 Å². The van der Waals surface area contributed by atoms with E-state index in [4.69, 9.17) is 9.15 Å². The lowest BCUT2D eigenvalue weighted by Gasteiger charge is -2.36. The number of furan rings is 1. The molecule has 5 rings (SSSR count). The van der Waals surface area contributed by atoms with Gasteiger partial charge in [-0.3, -0.25) is 9.59 Å². The number of rotatable bonds is 7. The van der Waals surface area contributed by atoms with Crippen molar-refractivity contribution in [2.24, 2.45) is 5.41 Å². The fourth-order valence-electron chi connectivity index (χ4n) is 5.17. The molecule has 2 aliphatic heterocycles. The minimum absolute atomic E-state index is 0.0595. The van der Waals surface area contributed by atoms with Crippen molar-refractivity contribution in [1.82, 2.24) is 10.2 Å². The van der Waals surface area contributed by atoms with E-state index in [1.165, 1.54) is 0 Å². The zero-order valence-corrected chi connectivity index (χ0v) is 18.8. The van der Waals surface area contributed by atoms with Gasteiger partial charge in [-0.25, -0.2) is 0 Å². The first-order chi connectivity index (χ1) is 16.2. The fraction of sp³-hybridized carbons (Fsp3) is 0.407. The van der Waals surface area contributed by atoms with Crippen LogP contribution in [0.3, 0.4) is 0 Å². The maximum absolute atomic E-state index is 13.5. The van der Waals surface area contributed by atoms with Crippen LogP contribution in [-0.2, 0) is 20.7 Å². The van der Waals surface area contributed by atoms with Crippen LogP contribution in [0.15, 0.2) is 59.2 Å². The first-order valence-corrected chi connectivity index (χ1v) is 11.8. The zero-order chi connectivity index (χ0) is 22.7. The summed E-state index contributed by atoms with van der Waals surface area (Å²) in [6.07, 6.45) is 5.35. The fourth-order valence-corrected chi connectivity index (χ4v) is 5.17. The molecule has 2 amide bonds. The predicted octanol–water partition coefficient (Wildman–Crippen LogP) is 4.18. The van der Waals surface area contributed by atoms with E-state index in [0.29, 0.717) is 52.0 Å². The van der Waals surface area contributed by atoms with Crippen LogP contribution in [0.1, 0.15) is 31.2 Å². The number of carbonyl (C=O) groups is 2. The van der Waals surface area contributed by atoms with Crippen LogP contribution in [0.25, 0.3) is 22.1 Å². The quantitative estimate of drug-likeness (QED) is 0.591. The number of nitrogens with zero attached hydrogens (tertiary/aromatic N) is 1. The Balaban J connectivity index is 1.38. The lowest BCUT2D eigenvalue weighted by Crippen LogP contribution is -2.48. The Hall–Kier alpha value is -3.12. The number of likely N-dealkylation sites (tertiary alicyclic amines) is 1. The van der Waals surface area contributed by atoms with Gasteiger partial charge in [0.05, 0.1) is 11.7 Å². The molecular formula is C27H30N2O4. The SMILES string of the molecule is O=C1CCCN1CCNC(=O)C1(Cc2ccccc2-c2coc3ccccc23)CCOCC1. The van der Waals surface area contributed by atoms with E-state index in [-0.39, 0.29) is 11.8 Å². The molecule has 6 nitrogen and oxygen atoms in total. The van der Waals surface area contributed by atoms with Gasteiger partial charge in [0.2, 0.25) is 11.8 Å². The van der Waals surface area contributed by atoms with Gasteiger partial charge >= 0.3 is 0 Å². The van der Waals surface area contributed by atoms with Crippen LogP contribution in [0, 0.1) is 5.41 Å². The molecular weight excluding hydrogens is 416 g/mol. The van der Waals surface area contributed by atoms with Crippen molar-refractivity contribution >= 4 is 22.8 Å². The van der Waals surface area contributed by atoms with Crippen molar-refractivity contribution in [3.8, 4) is 11.1 Å². The van der Waals surface area contributed by atoms with Crippen LogP contribution in [0.5, 0.6) is 0 Å². The first kappa shape index (κ1) is 21.7. The molecule has 2 fully saturated rings. The van der Waals surface area contributed by atoms with Crippen molar-refractivity contribution in [2.75, 3.05) is 32.8 Å². The van der Waals surface area contributed by atoms with Gasteiger partial charge in [0.1, 0.15) is 5.58 Å². The summed E-state index contributed by atoms with van der Waals surface area (Å²) in [4.78, 5) is 27.2. The second kappa shape index (κ2) is 9.40. The van der Waals surface area contributed by atoms with Crippen LogP contribution < -0.4 is 5.32 Å². The smallest absolute Gasteiger partial charge is 0.226 e. The van der Waals surface area contributed by atoms with Gasteiger partial charge in [0.15, 0.2) is 0 Å². The maximum Gasteiger partial charge on any atom is 0.226 e. The van der Waals surface area contributed by atoms with Crippen molar-refractivity contribution < 1.29 is 18.7 Å². The molecule has 0 aliphatic carbocycles. The molecule has 2 aromatic carbocycles. The summed E-state index contributed by atoms with van der Waals surface area (Å²) in [5, 5.41) is 4.21. The first-order valence-electron chi connectivity index (χ1n) is 11.8. The normalized spacial score (nSPS) is 18.1. The Bertz CT molecular complexity index is 1150. The summed E-state index contributed by atoms with van der Waals surface area (Å²) >= 11 is 0. The Morgan fingerprint density at radius 3 is 2.64 bits per heavy atom. The molecule has 0 bridgehead atoms. The number of benzene rings is 2. The highest BCUT2D eigenvalue weighted by Crippen LogP contribution is 2.39. The third kappa shape index (κ3) is 4.40. The van der Waals surface area contributed by atoms with Gasteiger partial charge in [0, 0.05) is 50.2 Å². The van der Waals surface area contributed by atoms with Crippen LogP contribution in [-0.4, -0.2) is 49.6 Å². The standard InChI is InChI=1S/C27H30N2O4/c30-25-10-5-14-29(25)15-13-28-26(31)27(11-16-32-17-12-27)18-20-6-1-2-7-21(20)23-19-33-24-9-4-3-8-22(23)24/h1-4,6-9,19H,5,10-18H2,(H,28,31). The monoisotopic (exact) mass is 446 g/mol. The molecule has 0 spiro atoms. The zero-order valence-electron chi connectivity index (χ0n) is 18.8. The third-order valence-corrected chi connectivity index (χ3v) is 7.09. The van der Waals surface area contributed by atoms with Crippen LogP contribution in [0.4, 0.5) is 0 Å². The number of carbonyl (C=O) groups excluding carboxylic acids is 2. The Morgan fingerprint density at radius 1 is 1.03 bits per heavy atom. The molecule has 0 saturated carbocycles. The van der Waals surface area contributed by atoms with Crippen LogP contribution in [0.2, 0.25) is 0 Å². The Morgan fingerprint density at radius 2 is 1.82 bits per heavy atom. The molecule has 3 heterocycles. The van der Waals surface area contributed by atoms with Gasteiger partial charge in [-0.2, -0.15) is 0 Å². The molecule has 2 aliphatic rings. The maximum atomic E-state index is 13.5. The summed E-state index contributed by atoms with van der Waals surface area (Å²) in [5.41, 5.74) is 3.62. The summed E-state index contributed by atoms with van der Waals surface area (Å²) < 4.78 is 11.4. The van der Waals surface area contributed by atoms with Crippen molar-refractivity contribution in [3.05, 3.63) is 60.4 Å². The molecule has 3 aromatic rings. The average Bonchev–Trinajstić information content (AvgIpc) is 3.46. The topological polar surface area (TPSA) is 71.8 Å². The van der Waals surface area contributed by atoms with E-state index in [1.54, 1.807) is 0 Å². The van der Waals surface area contributed by atoms with Gasteiger partial charge in [-0.05, 0) is 42.9 Å². The second-order valence-electron chi connectivity index (χ2n) is 9.11. The second-order valence-corrected chi connectivity index (χ2v) is 9.11. The summed E-state index contributed by atoms with van der Waals surface area (Å²) in [5.74, 6) is 0.246. The number of fused-ring (bicyclic) bond motifs is 1. The minimum atomic E-state index is -0.525. The molecule has 172 valence electrons. The number of amides is 2. The minimum Gasteiger partial charge on any atom is -0.464 e. The lowest BCUT2D eigenvalue weighted by atomic mass is 9.73. The molecule has 0 atom stereocenters. The Kier molecular flexibility index (Phi) is 6.18. The Labute approximate surface area is 193 Å². The summed E-state index contributed by atoms with van der Waals surface area (Å²) in [6.45, 7) is 3.01. The molecule has 1 aromatic heterocycles. The van der Waals surface area contributed by atoms with Gasteiger partial charge < -0.3 is 19.4 Å². The van der Waals surface area contributed by atoms with E-state index in [9.17, 15) is 9.59 Å². The number of para-hydroxylation sites is 1. The van der Waals surface area contributed by atoms with E-state index >= 15 is 0 Å². The molecule has 1 N–H and O–H groups in total. The lowest BCUT2D eigenvalue weighted by molar-refractivity contribution is -0.137. The number of nitrogens with one attached hydrogen (secondary N) is 1. The molecule has 6 heteroatoms. The summed E-state index contributed by atoms with van der Waals surface area (Å²) in [7, 11) is 0. The summed E-state index contributed by atoms with van der Waals surface area (Å²) in [6, 6.07) is 16.3. The van der Waals surface area contributed by atoms with Crippen molar-refractivity contribution in [1.29, 1.82) is 0 Å². The predicted molar refractivity (Wildman–Crippen MR) is 127 cm³/mol. The largest absolute Gasteiger partial charge is 0.464 e.